The highest BCUT2D eigenvalue weighted by Gasteiger charge is 2.31. The van der Waals surface area contributed by atoms with E-state index in [-0.39, 0.29) is 18.4 Å². The van der Waals surface area contributed by atoms with Crippen LogP contribution in [0.4, 0.5) is 4.79 Å². The molecular weight excluding hydrogens is 400 g/mol. The third-order valence-corrected chi connectivity index (χ3v) is 5.48. The average Bonchev–Trinajstić information content (AvgIpc) is 3.30. The van der Waals surface area contributed by atoms with Gasteiger partial charge in [-0.1, -0.05) is 5.16 Å². The molecule has 4 rings (SSSR count). The third kappa shape index (κ3) is 5.23. The van der Waals surface area contributed by atoms with E-state index < -0.39 is 11.7 Å². The number of ether oxygens (including phenoxy) is 1. The Bertz CT molecular complexity index is 955. The number of alkyl carbamates (subject to hydrolysis) is 1. The molecule has 10 heteroatoms. The SMILES string of the molecule is CN(Cc1noc(C2CC2)n1)C(=O)c1cnn2c1CC(CNC(=O)OC(C)(C)C)CC2. The van der Waals surface area contributed by atoms with Crippen molar-refractivity contribution in [2.24, 2.45) is 5.92 Å². The molecule has 0 spiro atoms. The molecule has 0 radical (unpaired) electrons. The van der Waals surface area contributed by atoms with Crippen LogP contribution in [0.2, 0.25) is 0 Å². The lowest BCUT2D eigenvalue weighted by molar-refractivity contribution is 0.0515. The van der Waals surface area contributed by atoms with Gasteiger partial charge in [-0.2, -0.15) is 10.1 Å². The van der Waals surface area contributed by atoms with E-state index in [1.807, 2.05) is 25.5 Å². The lowest BCUT2D eigenvalue weighted by atomic mass is 9.94. The quantitative estimate of drug-likeness (QED) is 0.748. The van der Waals surface area contributed by atoms with Crippen LogP contribution < -0.4 is 5.32 Å². The second kappa shape index (κ2) is 8.32. The second-order valence-corrected chi connectivity index (χ2v) is 9.45. The van der Waals surface area contributed by atoms with Gasteiger partial charge in [0.2, 0.25) is 5.89 Å². The molecule has 2 amide bonds. The number of aryl methyl sites for hydroxylation is 1. The molecule has 1 N–H and O–H groups in total. The minimum atomic E-state index is -0.530. The number of aromatic nitrogens is 4. The smallest absolute Gasteiger partial charge is 0.407 e. The number of nitrogens with zero attached hydrogens (tertiary/aromatic N) is 5. The first-order valence-electron chi connectivity index (χ1n) is 10.8. The Hall–Kier alpha value is -2.91. The maximum Gasteiger partial charge on any atom is 0.407 e. The first kappa shape index (κ1) is 21.3. The lowest BCUT2D eigenvalue weighted by Gasteiger charge is -2.26. The van der Waals surface area contributed by atoms with Crippen LogP contribution in [0, 0.1) is 5.92 Å². The van der Waals surface area contributed by atoms with Gasteiger partial charge in [0.15, 0.2) is 5.82 Å². The summed E-state index contributed by atoms with van der Waals surface area (Å²) in [5, 5.41) is 11.2. The van der Waals surface area contributed by atoms with Crippen molar-refractivity contribution in [3.8, 4) is 0 Å². The fourth-order valence-corrected chi connectivity index (χ4v) is 3.71. The summed E-state index contributed by atoms with van der Waals surface area (Å²) in [6, 6.07) is 0. The predicted molar refractivity (Wildman–Crippen MR) is 110 cm³/mol. The second-order valence-electron chi connectivity index (χ2n) is 9.45. The zero-order valence-corrected chi connectivity index (χ0v) is 18.6. The summed E-state index contributed by atoms with van der Waals surface area (Å²) in [6.07, 6.45) is 4.92. The van der Waals surface area contributed by atoms with Crippen LogP contribution in [0.3, 0.4) is 0 Å². The first-order chi connectivity index (χ1) is 14.7. The molecule has 0 saturated heterocycles. The average molecular weight is 431 g/mol. The van der Waals surface area contributed by atoms with Crippen molar-refractivity contribution in [2.45, 2.75) is 71.1 Å². The normalized spacial score (nSPS) is 18.4. The molecular formula is C21H30N6O4. The van der Waals surface area contributed by atoms with Crippen molar-refractivity contribution in [3.05, 3.63) is 29.2 Å². The van der Waals surface area contributed by atoms with Gasteiger partial charge in [0, 0.05) is 26.1 Å². The molecule has 1 fully saturated rings. The van der Waals surface area contributed by atoms with Crippen LogP contribution in [-0.2, 0) is 24.2 Å². The van der Waals surface area contributed by atoms with Crippen molar-refractivity contribution in [1.29, 1.82) is 0 Å². The van der Waals surface area contributed by atoms with Crippen molar-refractivity contribution in [3.63, 3.8) is 0 Å². The van der Waals surface area contributed by atoms with Crippen LogP contribution in [-0.4, -0.2) is 56.0 Å². The standard InChI is InChI=1S/C21H30N6O4/c1-21(2,3)30-20(29)22-10-13-7-8-27-16(9-13)15(11-23-27)19(28)26(4)12-17-24-18(31-25-17)14-5-6-14/h11,13-14H,5-10,12H2,1-4H3,(H,22,29). The monoisotopic (exact) mass is 430 g/mol. The number of nitrogens with one attached hydrogen (secondary N) is 1. The molecule has 10 nitrogen and oxygen atoms in total. The summed E-state index contributed by atoms with van der Waals surface area (Å²) < 4.78 is 12.5. The third-order valence-electron chi connectivity index (χ3n) is 5.48. The van der Waals surface area contributed by atoms with E-state index in [2.05, 4.69) is 20.6 Å². The molecule has 1 saturated carbocycles. The van der Waals surface area contributed by atoms with Crippen LogP contribution in [0.15, 0.2) is 10.7 Å². The van der Waals surface area contributed by atoms with E-state index in [0.29, 0.717) is 42.7 Å². The van der Waals surface area contributed by atoms with E-state index in [4.69, 9.17) is 9.26 Å². The van der Waals surface area contributed by atoms with Gasteiger partial charge in [-0.05, 0) is 52.4 Å². The molecule has 0 bridgehead atoms. The Labute approximate surface area is 181 Å². The van der Waals surface area contributed by atoms with E-state index >= 15 is 0 Å². The number of hydrogen-bond acceptors (Lipinski definition) is 7. The number of rotatable bonds is 6. The summed E-state index contributed by atoms with van der Waals surface area (Å²) in [5.74, 6) is 1.65. The Morgan fingerprint density at radius 2 is 2.10 bits per heavy atom. The van der Waals surface area contributed by atoms with E-state index in [9.17, 15) is 9.59 Å². The molecule has 3 heterocycles. The minimum Gasteiger partial charge on any atom is -0.444 e. The Balaban J connectivity index is 1.35. The number of amides is 2. The molecule has 0 aromatic carbocycles. The molecule has 2 aromatic heterocycles. The largest absolute Gasteiger partial charge is 0.444 e. The van der Waals surface area contributed by atoms with E-state index in [0.717, 1.165) is 25.0 Å². The fraction of sp³-hybridized carbons (Fsp3) is 0.667. The van der Waals surface area contributed by atoms with Crippen LogP contribution in [0.5, 0.6) is 0 Å². The Kier molecular flexibility index (Phi) is 5.72. The summed E-state index contributed by atoms with van der Waals surface area (Å²) in [4.78, 5) is 31.0. The van der Waals surface area contributed by atoms with Crippen molar-refractivity contribution >= 4 is 12.0 Å². The van der Waals surface area contributed by atoms with E-state index in [1.165, 1.54) is 0 Å². The van der Waals surface area contributed by atoms with Gasteiger partial charge in [0.1, 0.15) is 5.60 Å². The van der Waals surface area contributed by atoms with Crippen molar-refractivity contribution < 1.29 is 18.8 Å². The number of fused-ring (bicyclic) bond motifs is 1. The molecule has 31 heavy (non-hydrogen) atoms. The summed E-state index contributed by atoms with van der Waals surface area (Å²) in [5.41, 5.74) is 0.943. The Morgan fingerprint density at radius 3 is 2.81 bits per heavy atom. The number of carbonyl (C=O) groups is 2. The van der Waals surface area contributed by atoms with Gasteiger partial charge in [0.05, 0.1) is 24.0 Å². The molecule has 2 aliphatic rings. The summed E-state index contributed by atoms with van der Waals surface area (Å²) in [6.45, 7) is 6.99. The minimum absolute atomic E-state index is 0.125. The topological polar surface area (TPSA) is 115 Å². The van der Waals surface area contributed by atoms with Gasteiger partial charge in [-0.3, -0.25) is 9.48 Å². The maximum absolute atomic E-state index is 13.1. The van der Waals surface area contributed by atoms with Gasteiger partial charge < -0.3 is 19.5 Å². The molecule has 1 atom stereocenters. The molecule has 1 unspecified atom stereocenters. The Morgan fingerprint density at radius 1 is 1.32 bits per heavy atom. The fourth-order valence-electron chi connectivity index (χ4n) is 3.71. The number of carbonyl (C=O) groups excluding carboxylic acids is 2. The van der Waals surface area contributed by atoms with Crippen molar-refractivity contribution in [2.75, 3.05) is 13.6 Å². The lowest BCUT2D eigenvalue weighted by Crippen LogP contribution is -2.37. The zero-order chi connectivity index (χ0) is 22.2. The van der Waals surface area contributed by atoms with Gasteiger partial charge in [-0.25, -0.2) is 4.79 Å². The van der Waals surface area contributed by atoms with Gasteiger partial charge in [0.25, 0.3) is 5.91 Å². The van der Waals surface area contributed by atoms with Crippen LogP contribution >= 0.6 is 0 Å². The van der Waals surface area contributed by atoms with E-state index in [1.54, 1.807) is 18.1 Å². The summed E-state index contributed by atoms with van der Waals surface area (Å²) >= 11 is 0. The highest BCUT2D eigenvalue weighted by atomic mass is 16.6. The van der Waals surface area contributed by atoms with Gasteiger partial charge in [-0.15, -0.1) is 0 Å². The highest BCUT2D eigenvalue weighted by Crippen LogP contribution is 2.38. The molecule has 2 aromatic rings. The van der Waals surface area contributed by atoms with Crippen molar-refractivity contribution in [1.82, 2.24) is 30.1 Å². The molecule has 1 aliphatic carbocycles. The van der Waals surface area contributed by atoms with Crippen LogP contribution in [0.25, 0.3) is 0 Å². The first-order valence-corrected chi connectivity index (χ1v) is 10.8. The predicted octanol–water partition coefficient (Wildman–Crippen LogP) is 2.50. The van der Waals surface area contributed by atoms with Crippen LogP contribution in [0.1, 0.15) is 73.7 Å². The summed E-state index contributed by atoms with van der Waals surface area (Å²) in [7, 11) is 1.73. The number of hydrogen-bond donors (Lipinski definition) is 1. The molecule has 168 valence electrons. The highest BCUT2D eigenvalue weighted by molar-refractivity contribution is 5.95. The maximum atomic E-state index is 13.1. The van der Waals surface area contributed by atoms with Gasteiger partial charge >= 0.3 is 6.09 Å². The zero-order valence-electron chi connectivity index (χ0n) is 18.6. The molecule has 1 aliphatic heterocycles.